The third-order valence-corrected chi connectivity index (χ3v) is 5.89. The molecule has 10 nitrogen and oxygen atoms in total. The lowest BCUT2D eigenvalue weighted by Gasteiger charge is -2.10. The van der Waals surface area contributed by atoms with Gasteiger partial charge in [0.15, 0.2) is 5.82 Å². The van der Waals surface area contributed by atoms with Gasteiger partial charge < -0.3 is 25.9 Å². The predicted molar refractivity (Wildman–Crippen MR) is 133 cm³/mol. The molecule has 0 fully saturated rings. The number of para-hydroxylation sites is 1. The Morgan fingerprint density at radius 3 is 2.83 bits per heavy atom. The summed E-state index contributed by atoms with van der Waals surface area (Å²) in [6, 6.07) is 8.38. The van der Waals surface area contributed by atoms with Crippen LogP contribution in [0, 0.1) is 18.2 Å². The van der Waals surface area contributed by atoms with Crippen molar-refractivity contribution in [1.29, 1.82) is 5.41 Å². The summed E-state index contributed by atoms with van der Waals surface area (Å²) in [5.74, 6) is 1.93. The van der Waals surface area contributed by atoms with E-state index in [1.165, 1.54) is 12.3 Å². The van der Waals surface area contributed by atoms with Crippen molar-refractivity contribution >= 4 is 23.8 Å². The van der Waals surface area contributed by atoms with Crippen molar-refractivity contribution < 1.29 is 4.39 Å². The molecule has 0 bridgehead atoms. The first-order valence-electron chi connectivity index (χ1n) is 11.2. The van der Waals surface area contributed by atoms with E-state index in [-0.39, 0.29) is 5.82 Å². The first-order valence-corrected chi connectivity index (χ1v) is 11.2. The minimum absolute atomic E-state index is 0.342. The second-order valence-corrected chi connectivity index (χ2v) is 8.05. The van der Waals surface area contributed by atoms with Gasteiger partial charge in [0.25, 0.3) is 0 Å². The van der Waals surface area contributed by atoms with Crippen molar-refractivity contribution in [3.8, 4) is 22.8 Å². The molecular weight excluding hydrogens is 447 g/mol. The van der Waals surface area contributed by atoms with E-state index in [9.17, 15) is 4.39 Å². The summed E-state index contributed by atoms with van der Waals surface area (Å²) in [7, 11) is 1.76. The van der Waals surface area contributed by atoms with Crippen LogP contribution in [0.25, 0.3) is 22.8 Å². The van der Waals surface area contributed by atoms with Crippen LogP contribution in [-0.4, -0.2) is 42.6 Å². The van der Waals surface area contributed by atoms with Gasteiger partial charge in [-0.3, -0.25) is 4.57 Å². The van der Waals surface area contributed by atoms with Crippen molar-refractivity contribution in [2.45, 2.75) is 26.4 Å². The molecule has 35 heavy (non-hydrogen) atoms. The van der Waals surface area contributed by atoms with Crippen molar-refractivity contribution in [3.63, 3.8) is 0 Å². The molecule has 0 unspecified atom stereocenters. The van der Waals surface area contributed by atoms with E-state index in [4.69, 9.17) is 5.41 Å². The molecule has 0 aliphatic carbocycles. The molecule has 3 aromatic heterocycles. The zero-order valence-corrected chi connectivity index (χ0v) is 19.4. The van der Waals surface area contributed by atoms with Crippen LogP contribution in [-0.2, 0) is 13.1 Å². The Morgan fingerprint density at radius 1 is 1.17 bits per heavy atom. The van der Waals surface area contributed by atoms with Crippen molar-refractivity contribution in [1.82, 2.24) is 34.6 Å². The number of aryl methyl sites for hydroxylation is 1. The van der Waals surface area contributed by atoms with Gasteiger partial charge in [0, 0.05) is 44.3 Å². The lowest BCUT2D eigenvalue weighted by molar-refractivity contribution is 0.596. The Balaban J connectivity index is 1.51. The van der Waals surface area contributed by atoms with Gasteiger partial charge >= 0.3 is 0 Å². The average Bonchev–Trinajstić information content (AvgIpc) is 3.34. The highest BCUT2D eigenvalue weighted by Crippen LogP contribution is 2.36. The Morgan fingerprint density at radius 2 is 2.03 bits per heavy atom. The lowest BCUT2D eigenvalue weighted by atomic mass is 10.1. The number of fused-ring (bicyclic) bond motifs is 3. The van der Waals surface area contributed by atoms with E-state index >= 15 is 0 Å². The van der Waals surface area contributed by atoms with Gasteiger partial charge in [-0.2, -0.15) is 0 Å². The number of benzene rings is 1. The molecular formula is C24H25FN10. The summed E-state index contributed by atoms with van der Waals surface area (Å²) in [5, 5.41) is 25.2. The molecule has 1 aliphatic rings. The Labute approximate surface area is 201 Å². The molecule has 178 valence electrons. The summed E-state index contributed by atoms with van der Waals surface area (Å²) in [5.41, 5.74) is 4.07. The molecule has 0 saturated heterocycles. The third-order valence-electron chi connectivity index (χ3n) is 5.89. The number of hydrogen-bond donors (Lipinski definition) is 4. The first kappa shape index (κ1) is 22.3. The summed E-state index contributed by atoms with van der Waals surface area (Å²) in [6.45, 7) is 3.56. The van der Waals surface area contributed by atoms with Crippen LogP contribution in [0.5, 0.6) is 0 Å². The topological polar surface area (TPSA) is 121 Å². The van der Waals surface area contributed by atoms with Crippen LogP contribution in [0.1, 0.15) is 12.0 Å². The second-order valence-electron chi connectivity index (χ2n) is 8.05. The number of anilines is 3. The Kier molecular flexibility index (Phi) is 5.96. The van der Waals surface area contributed by atoms with Gasteiger partial charge in [-0.15, -0.1) is 10.2 Å². The van der Waals surface area contributed by atoms with Gasteiger partial charge in [-0.05, 0) is 43.2 Å². The summed E-state index contributed by atoms with van der Waals surface area (Å²) >= 11 is 0. The van der Waals surface area contributed by atoms with E-state index in [1.54, 1.807) is 37.5 Å². The maximum Gasteiger partial charge on any atom is 0.229 e. The average molecular weight is 473 g/mol. The molecule has 0 spiro atoms. The molecule has 4 N–H and O–H groups in total. The standard InChI is InChI=1S/C24H25FN10/c1-15-16(18-9-11-28-23(29-18)31-20(27-2)8-10-26)14-34-12-5-13-35-22(21(15)34)32-33-24(35)30-19-7-4-3-6-17(19)25/h3-4,6-11,14,26-27H,5,12-13H2,1-2H3,(H,30,33)(H,28,29,31)/b20-8+,26-10?. The van der Waals surface area contributed by atoms with Crippen molar-refractivity contribution in [2.24, 2.45) is 0 Å². The van der Waals surface area contributed by atoms with Crippen molar-refractivity contribution in [3.05, 3.63) is 66.0 Å². The van der Waals surface area contributed by atoms with E-state index in [1.807, 2.05) is 17.6 Å². The zero-order valence-electron chi connectivity index (χ0n) is 19.4. The Hall–Kier alpha value is -4.54. The monoisotopic (exact) mass is 472 g/mol. The fraction of sp³-hybridized carbons (Fsp3) is 0.208. The number of allylic oxidation sites excluding steroid dienone is 1. The summed E-state index contributed by atoms with van der Waals surface area (Å²) in [4.78, 5) is 8.98. The van der Waals surface area contributed by atoms with Crippen LogP contribution < -0.4 is 16.0 Å². The molecule has 0 amide bonds. The zero-order chi connectivity index (χ0) is 24.4. The van der Waals surface area contributed by atoms with E-state index in [2.05, 4.69) is 46.9 Å². The number of hydrogen-bond acceptors (Lipinski definition) is 8. The van der Waals surface area contributed by atoms with Gasteiger partial charge in [-0.25, -0.2) is 14.4 Å². The SMILES string of the molecule is CN/C(=C\C=N)Nc1nccc(-c2cn3c(c2C)-c2nnc(Nc4ccccc4F)n2CCC3)n1. The van der Waals surface area contributed by atoms with Gasteiger partial charge in [0.05, 0.1) is 17.1 Å². The molecule has 5 rings (SSSR count). The highest BCUT2D eigenvalue weighted by atomic mass is 19.1. The largest absolute Gasteiger partial charge is 0.375 e. The highest BCUT2D eigenvalue weighted by Gasteiger charge is 2.25. The van der Waals surface area contributed by atoms with E-state index in [0.717, 1.165) is 41.3 Å². The number of halogens is 1. The van der Waals surface area contributed by atoms with Gasteiger partial charge in [0.1, 0.15) is 11.6 Å². The molecule has 4 heterocycles. The van der Waals surface area contributed by atoms with Crippen LogP contribution >= 0.6 is 0 Å². The quantitative estimate of drug-likeness (QED) is 0.301. The summed E-state index contributed by atoms with van der Waals surface area (Å²) < 4.78 is 18.4. The molecule has 0 radical (unpaired) electrons. The molecule has 1 aromatic carbocycles. The van der Waals surface area contributed by atoms with E-state index in [0.29, 0.717) is 29.9 Å². The predicted octanol–water partition coefficient (Wildman–Crippen LogP) is 3.92. The van der Waals surface area contributed by atoms with Crippen molar-refractivity contribution in [2.75, 3.05) is 17.7 Å². The minimum atomic E-state index is -0.342. The van der Waals surface area contributed by atoms with Crippen LogP contribution in [0.3, 0.4) is 0 Å². The van der Waals surface area contributed by atoms with E-state index < -0.39 is 0 Å². The van der Waals surface area contributed by atoms with Crippen LogP contribution in [0.4, 0.5) is 22.0 Å². The maximum atomic E-state index is 14.2. The smallest absolute Gasteiger partial charge is 0.229 e. The molecule has 0 atom stereocenters. The third kappa shape index (κ3) is 4.23. The molecule has 1 aliphatic heterocycles. The van der Waals surface area contributed by atoms with Gasteiger partial charge in [0.2, 0.25) is 11.9 Å². The molecule has 4 aromatic rings. The minimum Gasteiger partial charge on any atom is -0.375 e. The molecule has 0 saturated carbocycles. The Bertz CT molecular complexity index is 1420. The fourth-order valence-corrected chi connectivity index (χ4v) is 4.22. The summed E-state index contributed by atoms with van der Waals surface area (Å²) in [6.07, 6.45) is 7.42. The maximum absolute atomic E-state index is 14.2. The fourth-order valence-electron chi connectivity index (χ4n) is 4.22. The second kappa shape index (κ2) is 9.37. The molecule has 11 heteroatoms. The lowest BCUT2D eigenvalue weighted by Crippen LogP contribution is -2.16. The highest BCUT2D eigenvalue weighted by molar-refractivity contribution is 5.75. The van der Waals surface area contributed by atoms with Crippen LogP contribution in [0.2, 0.25) is 0 Å². The number of nitrogens with zero attached hydrogens (tertiary/aromatic N) is 6. The number of rotatable bonds is 7. The van der Waals surface area contributed by atoms with Gasteiger partial charge in [-0.1, -0.05) is 12.1 Å². The number of nitrogens with one attached hydrogen (secondary N) is 4. The first-order chi connectivity index (χ1) is 17.1. The van der Waals surface area contributed by atoms with Crippen LogP contribution in [0.15, 0.2) is 54.6 Å². The number of aromatic nitrogens is 6. The normalized spacial score (nSPS) is 12.9.